The van der Waals surface area contributed by atoms with E-state index >= 15 is 0 Å². The number of nitrogens with one attached hydrogen (secondary N) is 3. The topological polar surface area (TPSA) is 226 Å². The van der Waals surface area contributed by atoms with Gasteiger partial charge in [0.15, 0.2) is 12.8 Å². The van der Waals surface area contributed by atoms with Gasteiger partial charge in [-0.3, -0.25) is 33.7 Å². The molecule has 19 heteroatoms. The Morgan fingerprint density at radius 2 is 1.67 bits per heavy atom. The molecule has 1 fully saturated rings. The molecule has 0 saturated carbocycles. The number of ether oxygens (including phenoxy) is 3. The fraction of sp³-hybridized carbons (Fsp3) is 0.667. The first-order valence-electron chi connectivity index (χ1n) is 23.4. The van der Waals surface area contributed by atoms with Crippen LogP contribution in [0.4, 0.5) is 4.79 Å². The summed E-state index contributed by atoms with van der Waals surface area (Å²) in [5.74, 6) is -4.45. The third-order valence-corrected chi connectivity index (χ3v) is 13.0. The Balaban J connectivity index is 1.92. The summed E-state index contributed by atoms with van der Waals surface area (Å²) in [6, 6.07) is 4.05. The van der Waals surface area contributed by atoms with Gasteiger partial charge in [0.2, 0.25) is 11.8 Å². The second-order valence-electron chi connectivity index (χ2n) is 18.5. The van der Waals surface area contributed by atoms with Crippen LogP contribution in [-0.4, -0.2) is 138 Å². The molecule has 1 aromatic heterocycles. The number of likely N-dealkylation sites (N-methyl/N-ethyl adjacent to an activating group) is 3. The van der Waals surface area contributed by atoms with Gasteiger partial charge in [-0.15, -0.1) is 11.3 Å². The lowest BCUT2D eigenvalue weighted by Crippen LogP contribution is -2.59. The number of aliphatic carboxylic acids is 1. The maximum atomic E-state index is 14.9. The number of carbonyl (C=O) groups is 7. The molecule has 0 aliphatic carbocycles. The van der Waals surface area contributed by atoms with Gasteiger partial charge < -0.3 is 45.1 Å². The predicted octanol–water partition coefficient (Wildman–Crippen LogP) is 5.65. The minimum absolute atomic E-state index is 0.00299. The molecule has 1 aliphatic rings. The van der Waals surface area contributed by atoms with E-state index in [0.717, 1.165) is 36.3 Å². The molecule has 1 aromatic carbocycles. The number of amides is 4. The molecule has 2 aromatic rings. The molecule has 3 rings (SSSR count). The van der Waals surface area contributed by atoms with Gasteiger partial charge in [0, 0.05) is 57.4 Å². The van der Waals surface area contributed by atoms with Crippen molar-refractivity contribution in [1.82, 2.24) is 35.6 Å². The van der Waals surface area contributed by atoms with Gasteiger partial charge in [-0.25, -0.2) is 9.78 Å². The Bertz CT molecular complexity index is 1940. The lowest BCUT2D eigenvalue weighted by atomic mass is 9.92. The number of esters is 2. The quantitative estimate of drug-likeness (QED) is 0.0660. The largest absolute Gasteiger partial charge is 0.481 e. The lowest BCUT2D eigenvalue weighted by Gasteiger charge is -2.39. The fourth-order valence-electron chi connectivity index (χ4n) is 7.80. The first-order valence-corrected chi connectivity index (χ1v) is 24.3. The molecule has 1 saturated heterocycles. The average Bonchev–Trinajstić information content (AvgIpc) is 3.77. The number of benzene rings is 1. The summed E-state index contributed by atoms with van der Waals surface area (Å²) >= 11 is 1.09. The zero-order chi connectivity index (χ0) is 50.0. The molecule has 0 unspecified atom stereocenters. The maximum absolute atomic E-state index is 14.9. The van der Waals surface area contributed by atoms with Crippen molar-refractivity contribution in [3.8, 4) is 5.75 Å². The Hall–Kier alpha value is -5.14. The first kappa shape index (κ1) is 56.2. The standard InChI is InChI=1S/C48H75N7O11S/c1-12-31(6)42(52-44(59)38-15-13-14-21-53(38)10)46(60)55(28-64-41(57)23-29(2)3)39(30(4)5)26-40(65-33(8)56)45-51-37(27-67-45)43(58)50-35(24-32(7)47(61)62)25-34-16-18-36(19-17-34)66-48(63)54(11)22-20-49-9/h16-19,27,29-32,35,38-40,42,49H,12-15,20-26,28H2,1-11H3,(H,50,58)(H,52,59)(H,61,62)/t31-,32-,35+,38+,39+,40+,42-/m0/s1. The second kappa shape index (κ2) is 27.6. The van der Waals surface area contributed by atoms with Crippen LogP contribution in [0, 0.1) is 23.7 Å². The summed E-state index contributed by atoms with van der Waals surface area (Å²) in [5.41, 5.74) is 0.768. The van der Waals surface area contributed by atoms with E-state index in [1.165, 1.54) is 22.1 Å². The Morgan fingerprint density at radius 1 is 0.985 bits per heavy atom. The lowest BCUT2D eigenvalue weighted by molar-refractivity contribution is -0.161. The van der Waals surface area contributed by atoms with Gasteiger partial charge in [0.1, 0.15) is 22.5 Å². The highest BCUT2D eigenvalue weighted by Gasteiger charge is 2.39. The number of thiazole rings is 1. The number of nitrogens with zero attached hydrogens (tertiary/aromatic N) is 4. The molecule has 0 bridgehead atoms. The van der Waals surface area contributed by atoms with Crippen LogP contribution >= 0.6 is 11.3 Å². The molecule has 0 spiro atoms. The minimum Gasteiger partial charge on any atom is -0.481 e. The number of carboxylic acids is 1. The molecule has 0 radical (unpaired) electrons. The second-order valence-corrected chi connectivity index (χ2v) is 19.4. The summed E-state index contributed by atoms with van der Waals surface area (Å²) in [6.45, 7) is 15.6. The molecule has 1 aliphatic heterocycles. The van der Waals surface area contributed by atoms with Crippen molar-refractivity contribution in [2.24, 2.45) is 23.7 Å². The highest BCUT2D eigenvalue weighted by Crippen LogP contribution is 2.32. The monoisotopic (exact) mass is 958 g/mol. The van der Waals surface area contributed by atoms with Crippen LogP contribution in [0.3, 0.4) is 0 Å². The van der Waals surface area contributed by atoms with Gasteiger partial charge >= 0.3 is 24.0 Å². The molecule has 18 nitrogen and oxygen atoms in total. The summed E-state index contributed by atoms with van der Waals surface area (Å²) in [4.78, 5) is 102. The van der Waals surface area contributed by atoms with E-state index in [1.54, 1.807) is 45.3 Å². The Morgan fingerprint density at radius 3 is 2.25 bits per heavy atom. The third kappa shape index (κ3) is 18.1. The normalized spacial score (nSPS) is 16.8. The molecule has 374 valence electrons. The van der Waals surface area contributed by atoms with Gasteiger partial charge in [-0.05, 0) is 81.8 Å². The average molecular weight is 958 g/mol. The van der Waals surface area contributed by atoms with E-state index in [0.29, 0.717) is 31.7 Å². The van der Waals surface area contributed by atoms with E-state index in [2.05, 4.69) is 20.9 Å². The van der Waals surface area contributed by atoms with E-state index in [9.17, 15) is 38.7 Å². The molecular weight excluding hydrogens is 883 g/mol. The molecule has 67 heavy (non-hydrogen) atoms. The van der Waals surface area contributed by atoms with E-state index in [1.807, 2.05) is 53.5 Å². The van der Waals surface area contributed by atoms with Crippen molar-refractivity contribution in [2.75, 3.05) is 47.5 Å². The van der Waals surface area contributed by atoms with Gasteiger partial charge in [-0.2, -0.15) is 0 Å². The number of likely N-dealkylation sites (tertiary alicyclic amines) is 1. The van der Waals surface area contributed by atoms with Crippen molar-refractivity contribution in [1.29, 1.82) is 0 Å². The fourth-order valence-corrected chi connectivity index (χ4v) is 8.64. The summed E-state index contributed by atoms with van der Waals surface area (Å²) in [5, 5.41) is 20.5. The van der Waals surface area contributed by atoms with Crippen LogP contribution in [0.15, 0.2) is 29.6 Å². The zero-order valence-electron chi connectivity index (χ0n) is 41.3. The summed E-state index contributed by atoms with van der Waals surface area (Å²) < 4.78 is 17.1. The number of hydrogen-bond donors (Lipinski definition) is 4. The SMILES string of the molecule is CC[C@H](C)[C@H](NC(=O)[C@H]1CCCCN1C)C(=O)N(COC(=O)CC(C)C)[C@H](C[C@@H](OC(C)=O)c1nc(C(=O)N[C@@H](Cc2ccc(OC(=O)N(C)CCNC)cc2)C[C@H](C)C(=O)O)cs1)C(C)C. The number of piperidine rings is 1. The van der Waals surface area contributed by atoms with E-state index in [4.69, 9.17) is 14.2 Å². The van der Waals surface area contributed by atoms with Crippen molar-refractivity contribution in [3.05, 3.63) is 45.9 Å². The van der Waals surface area contributed by atoms with Crippen molar-refractivity contribution in [3.63, 3.8) is 0 Å². The minimum atomic E-state index is -1.04. The summed E-state index contributed by atoms with van der Waals surface area (Å²) in [6.07, 6.45) is 2.05. The van der Waals surface area contributed by atoms with Gasteiger partial charge in [-0.1, -0.05) is 73.4 Å². The van der Waals surface area contributed by atoms with E-state index in [-0.39, 0.29) is 60.0 Å². The first-order chi connectivity index (χ1) is 31.6. The molecule has 2 heterocycles. The number of hydrogen-bond acceptors (Lipinski definition) is 14. The van der Waals surface area contributed by atoms with Crippen LogP contribution in [0.5, 0.6) is 5.75 Å². The molecular formula is C48H75N7O11S. The van der Waals surface area contributed by atoms with Gasteiger partial charge in [0.05, 0.1) is 12.0 Å². The predicted molar refractivity (Wildman–Crippen MR) is 254 cm³/mol. The molecule has 4 N–H and O–H groups in total. The number of carbonyl (C=O) groups excluding carboxylic acids is 6. The number of rotatable bonds is 26. The van der Waals surface area contributed by atoms with Crippen LogP contribution < -0.4 is 20.7 Å². The van der Waals surface area contributed by atoms with Crippen molar-refractivity contribution >= 4 is 53.1 Å². The summed E-state index contributed by atoms with van der Waals surface area (Å²) in [7, 11) is 5.31. The maximum Gasteiger partial charge on any atom is 0.415 e. The number of carboxylic acid groups (broad SMARTS) is 1. The molecule has 4 amide bonds. The number of aromatic nitrogens is 1. The Labute approximate surface area is 400 Å². The Kier molecular flexibility index (Phi) is 23.2. The van der Waals surface area contributed by atoms with E-state index < -0.39 is 78.7 Å². The smallest absolute Gasteiger partial charge is 0.415 e. The third-order valence-electron chi connectivity index (χ3n) is 12.1. The van der Waals surface area contributed by atoms with Crippen LogP contribution in [-0.2, 0) is 39.9 Å². The molecule has 7 atom stereocenters. The van der Waals surface area contributed by atoms with Crippen LogP contribution in [0.25, 0.3) is 0 Å². The van der Waals surface area contributed by atoms with Gasteiger partial charge in [0.25, 0.3) is 5.91 Å². The highest BCUT2D eigenvalue weighted by atomic mass is 32.1. The highest BCUT2D eigenvalue weighted by molar-refractivity contribution is 7.09. The zero-order valence-corrected chi connectivity index (χ0v) is 42.1. The van der Waals surface area contributed by atoms with Crippen molar-refractivity contribution in [2.45, 2.75) is 137 Å². The van der Waals surface area contributed by atoms with Crippen LogP contribution in [0.1, 0.15) is 127 Å². The van der Waals surface area contributed by atoms with Crippen molar-refractivity contribution < 1.29 is 52.9 Å². The van der Waals surface area contributed by atoms with Crippen LogP contribution in [0.2, 0.25) is 0 Å².